The van der Waals surface area contributed by atoms with Gasteiger partial charge in [-0.15, -0.1) is 0 Å². The third kappa shape index (κ3) is 2.68. The van der Waals surface area contributed by atoms with E-state index < -0.39 is 0 Å². The highest BCUT2D eigenvalue weighted by molar-refractivity contribution is 9.10. The predicted molar refractivity (Wildman–Crippen MR) is 75.8 cm³/mol. The van der Waals surface area contributed by atoms with Crippen LogP contribution in [0.25, 0.3) is 10.8 Å². The molecule has 3 heteroatoms. The summed E-state index contributed by atoms with van der Waals surface area (Å²) in [6, 6.07) is 12.3. The van der Waals surface area contributed by atoms with Crippen LogP contribution in [0.15, 0.2) is 40.9 Å². The van der Waals surface area contributed by atoms with Crippen LogP contribution in [-0.4, -0.2) is 13.4 Å². The molecule has 1 saturated carbocycles. The first-order chi connectivity index (χ1) is 8.84. The Balaban J connectivity index is 1.68. The molecule has 0 N–H and O–H groups in total. The van der Waals surface area contributed by atoms with Gasteiger partial charge < -0.3 is 9.47 Å². The second-order valence-electron chi connectivity index (χ2n) is 4.68. The van der Waals surface area contributed by atoms with Gasteiger partial charge in [0.05, 0.1) is 11.1 Å². The molecule has 0 unspecified atom stereocenters. The van der Waals surface area contributed by atoms with E-state index in [1.54, 1.807) is 0 Å². The zero-order chi connectivity index (χ0) is 12.4. The summed E-state index contributed by atoms with van der Waals surface area (Å²) < 4.78 is 12.1. The summed E-state index contributed by atoms with van der Waals surface area (Å²) in [4.78, 5) is 0. The molecule has 0 radical (unpaired) electrons. The van der Waals surface area contributed by atoms with E-state index in [0.717, 1.165) is 28.1 Å². The minimum absolute atomic E-state index is 0.327. The molecule has 94 valence electrons. The number of hydrogen-bond donors (Lipinski definition) is 0. The molecule has 18 heavy (non-hydrogen) atoms. The quantitative estimate of drug-likeness (QED) is 0.603. The van der Waals surface area contributed by atoms with Gasteiger partial charge in [0.15, 0.2) is 6.79 Å². The first-order valence-electron chi connectivity index (χ1n) is 6.22. The average molecular weight is 307 g/mol. The van der Waals surface area contributed by atoms with E-state index in [9.17, 15) is 0 Å². The van der Waals surface area contributed by atoms with Gasteiger partial charge in [-0.1, -0.05) is 30.3 Å². The molecule has 0 saturated heterocycles. The van der Waals surface area contributed by atoms with Crippen molar-refractivity contribution in [2.75, 3.05) is 13.4 Å². The van der Waals surface area contributed by atoms with Gasteiger partial charge in [-0.3, -0.25) is 0 Å². The molecule has 0 spiro atoms. The van der Waals surface area contributed by atoms with Crippen LogP contribution in [0.1, 0.15) is 12.8 Å². The molecule has 0 heterocycles. The number of halogens is 1. The van der Waals surface area contributed by atoms with E-state index in [0.29, 0.717) is 6.79 Å². The van der Waals surface area contributed by atoms with Crippen molar-refractivity contribution in [1.29, 1.82) is 0 Å². The van der Waals surface area contributed by atoms with Crippen LogP contribution < -0.4 is 4.74 Å². The van der Waals surface area contributed by atoms with Crippen LogP contribution in [0.5, 0.6) is 5.75 Å². The number of ether oxygens (including phenoxy) is 2. The third-order valence-electron chi connectivity index (χ3n) is 3.18. The lowest BCUT2D eigenvalue weighted by molar-refractivity contribution is 0.00966. The van der Waals surface area contributed by atoms with Crippen LogP contribution in [-0.2, 0) is 4.74 Å². The van der Waals surface area contributed by atoms with E-state index in [4.69, 9.17) is 9.47 Å². The molecule has 2 aromatic carbocycles. The van der Waals surface area contributed by atoms with Gasteiger partial charge >= 0.3 is 0 Å². The van der Waals surface area contributed by atoms with Crippen molar-refractivity contribution in [2.24, 2.45) is 5.92 Å². The number of rotatable bonds is 5. The van der Waals surface area contributed by atoms with Gasteiger partial charge in [0.25, 0.3) is 0 Å². The Morgan fingerprint density at radius 3 is 2.78 bits per heavy atom. The maximum atomic E-state index is 5.65. The molecule has 0 aliphatic heterocycles. The summed E-state index contributed by atoms with van der Waals surface area (Å²) in [6.45, 7) is 1.15. The summed E-state index contributed by atoms with van der Waals surface area (Å²) in [6.07, 6.45) is 2.61. The molecule has 1 aliphatic rings. The van der Waals surface area contributed by atoms with Gasteiger partial charge in [-0.05, 0) is 51.5 Å². The molecular weight excluding hydrogens is 292 g/mol. The number of hydrogen-bond acceptors (Lipinski definition) is 2. The van der Waals surface area contributed by atoms with Crippen LogP contribution in [0.2, 0.25) is 0 Å². The minimum Gasteiger partial charge on any atom is -0.466 e. The lowest BCUT2D eigenvalue weighted by Crippen LogP contribution is -2.05. The van der Waals surface area contributed by atoms with Crippen LogP contribution in [0.3, 0.4) is 0 Å². The maximum absolute atomic E-state index is 5.65. The Hall–Kier alpha value is -1.06. The van der Waals surface area contributed by atoms with Crippen LogP contribution in [0, 0.1) is 5.92 Å². The molecule has 0 amide bonds. The maximum Gasteiger partial charge on any atom is 0.189 e. The fourth-order valence-electron chi connectivity index (χ4n) is 1.93. The number of fused-ring (bicyclic) bond motifs is 1. The Kier molecular flexibility index (Phi) is 3.52. The largest absolute Gasteiger partial charge is 0.466 e. The molecule has 1 aliphatic carbocycles. The highest BCUT2D eigenvalue weighted by Gasteiger charge is 2.21. The van der Waals surface area contributed by atoms with Crippen molar-refractivity contribution < 1.29 is 9.47 Å². The lowest BCUT2D eigenvalue weighted by Gasteiger charge is -2.10. The summed E-state index contributed by atoms with van der Waals surface area (Å²) in [5.41, 5.74) is 0. The van der Waals surface area contributed by atoms with Gasteiger partial charge in [0, 0.05) is 0 Å². The zero-order valence-corrected chi connectivity index (χ0v) is 11.7. The SMILES string of the molecule is Brc1c(OCOCC2CC2)ccc2ccccc12. The standard InChI is InChI=1S/C15H15BrO2/c16-15-13-4-2-1-3-12(13)7-8-14(15)18-10-17-9-11-5-6-11/h1-4,7-8,11H,5-6,9-10H2. The van der Waals surface area contributed by atoms with E-state index in [2.05, 4.69) is 34.1 Å². The van der Waals surface area contributed by atoms with Gasteiger partial charge in [0.1, 0.15) is 5.75 Å². The summed E-state index contributed by atoms with van der Waals surface area (Å²) in [5.74, 6) is 1.61. The van der Waals surface area contributed by atoms with E-state index in [1.807, 2.05) is 18.2 Å². The fourth-order valence-corrected chi connectivity index (χ4v) is 2.54. The minimum atomic E-state index is 0.327. The van der Waals surface area contributed by atoms with Crippen molar-refractivity contribution in [3.05, 3.63) is 40.9 Å². The summed E-state index contributed by atoms with van der Waals surface area (Å²) >= 11 is 3.59. The molecular formula is C15H15BrO2. The van der Waals surface area contributed by atoms with Gasteiger partial charge in [-0.25, -0.2) is 0 Å². The normalized spacial score (nSPS) is 14.9. The second kappa shape index (κ2) is 5.29. The second-order valence-corrected chi connectivity index (χ2v) is 5.47. The summed E-state index contributed by atoms with van der Waals surface area (Å²) in [7, 11) is 0. The van der Waals surface area contributed by atoms with E-state index in [-0.39, 0.29) is 0 Å². The van der Waals surface area contributed by atoms with Crippen molar-refractivity contribution in [3.8, 4) is 5.75 Å². The van der Waals surface area contributed by atoms with Crippen LogP contribution in [0.4, 0.5) is 0 Å². The smallest absolute Gasteiger partial charge is 0.189 e. The van der Waals surface area contributed by atoms with Crippen molar-refractivity contribution >= 4 is 26.7 Å². The summed E-state index contributed by atoms with van der Waals surface area (Å²) in [5, 5.41) is 2.37. The molecule has 2 nitrogen and oxygen atoms in total. The topological polar surface area (TPSA) is 18.5 Å². The molecule has 0 bridgehead atoms. The first-order valence-corrected chi connectivity index (χ1v) is 7.01. The van der Waals surface area contributed by atoms with Crippen LogP contribution >= 0.6 is 15.9 Å². The highest BCUT2D eigenvalue weighted by atomic mass is 79.9. The predicted octanol–water partition coefficient (Wildman–Crippen LogP) is 4.37. The average Bonchev–Trinajstić information content (AvgIpc) is 3.21. The molecule has 0 aromatic heterocycles. The highest BCUT2D eigenvalue weighted by Crippen LogP contribution is 2.33. The Bertz CT molecular complexity index is 549. The van der Waals surface area contributed by atoms with Crippen molar-refractivity contribution in [2.45, 2.75) is 12.8 Å². The van der Waals surface area contributed by atoms with Gasteiger partial charge in [0.2, 0.25) is 0 Å². The molecule has 1 fully saturated rings. The Labute approximate surface area is 115 Å². The first kappa shape index (κ1) is 12.0. The van der Waals surface area contributed by atoms with E-state index >= 15 is 0 Å². The fraction of sp³-hybridized carbons (Fsp3) is 0.333. The van der Waals surface area contributed by atoms with Gasteiger partial charge in [-0.2, -0.15) is 0 Å². The van der Waals surface area contributed by atoms with E-state index in [1.165, 1.54) is 18.2 Å². The monoisotopic (exact) mass is 306 g/mol. The van der Waals surface area contributed by atoms with Crippen molar-refractivity contribution in [3.63, 3.8) is 0 Å². The number of benzene rings is 2. The Morgan fingerprint density at radius 2 is 1.94 bits per heavy atom. The molecule has 2 aromatic rings. The Morgan fingerprint density at radius 1 is 1.11 bits per heavy atom. The molecule has 0 atom stereocenters. The lowest BCUT2D eigenvalue weighted by atomic mass is 10.1. The van der Waals surface area contributed by atoms with Crippen molar-refractivity contribution in [1.82, 2.24) is 0 Å². The third-order valence-corrected chi connectivity index (χ3v) is 3.99. The molecule has 3 rings (SSSR count). The zero-order valence-electron chi connectivity index (χ0n) is 10.1.